The van der Waals surface area contributed by atoms with Crippen LogP contribution in [0.1, 0.15) is 0 Å². The SMILES string of the molecule is C=C(Oc1ccc(F)cc1)O[Si](C)(C)C. The van der Waals surface area contributed by atoms with Gasteiger partial charge in [-0.25, -0.2) is 4.39 Å². The van der Waals surface area contributed by atoms with E-state index in [9.17, 15) is 4.39 Å². The first-order valence-electron chi connectivity index (χ1n) is 4.68. The number of hydrogen-bond acceptors (Lipinski definition) is 2. The maximum atomic E-state index is 12.6. The van der Waals surface area contributed by atoms with Crippen LogP contribution in [0.3, 0.4) is 0 Å². The normalized spacial score (nSPS) is 10.9. The number of benzene rings is 1. The Morgan fingerprint density at radius 2 is 1.73 bits per heavy atom. The molecule has 0 heterocycles. The van der Waals surface area contributed by atoms with E-state index >= 15 is 0 Å². The van der Waals surface area contributed by atoms with E-state index in [1.807, 2.05) is 19.6 Å². The second-order valence-electron chi connectivity index (χ2n) is 4.14. The van der Waals surface area contributed by atoms with E-state index in [0.717, 1.165) is 0 Å². The molecule has 15 heavy (non-hydrogen) atoms. The third-order valence-corrected chi connectivity index (χ3v) is 2.31. The summed E-state index contributed by atoms with van der Waals surface area (Å²) in [7, 11) is -1.68. The molecule has 0 aromatic heterocycles. The predicted octanol–water partition coefficient (Wildman–Crippen LogP) is 3.53. The van der Waals surface area contributed by atoms with E-state index in [-0.39, 0.29) is 11.8 Å². The third-order valence-electron chi connectivity index (χ3n) is 1.47. The fourth-order valence-electron chi connectivity index (χ4n) is 0.996. The van der Waals surface area contributed by atoms with Crippen LogP contribution in [-0.4, -0.2) is 8.32 Å². The van der Waals surface area contributed by atoms with Gasteiger partial charge in [-0.1, -0.05) is 0 Å². The highest BCUT2D eigenvalue weighted by Gasteiger charge is 2.17. The van der Waals surface area contributed by atoms with Crippen LogP contribution < -0.4 is 4.74 Å². The van der Waals surface area contributed by atoms with Crippen molar-refractivity contribution in [3.05, 3.63) is 42.6 Å². The maximum Gasteiger partial charge on any atom is 0.263 e. The van der Waals surface area contributed by atoms with Crippen molar-refractivity contribution < 1.29 is 13.6 Å². The summed E-state index contributed by atoms with van der Waals surface area (Å²) >= 11 is 0. The Balaban J connectivity index is 2.55. The Bertz CT molecular complexity index is 341. The average Bonchev–Trinajstić information content (AvgIpc) is 2.05. The first-order chi connectivity index (χ1) is 6.87. The molecule has 1 aromatic rings. The lowest BCUT2D eigenvalue weighted by molar-refractivity contribution is 0.224. The molecular formula is C11H15FO2Si. The van der Waals surface area contributed by atoms with Crippen LogP contribution in [0, 0.1) is 5.82 Å². The van der Waals surface area contributed by atoms with Gasteiger partial charge in [0.2, 0.25) is 8.32 Å². The Morgan fingerprint density at radius 3 is 2.20 bits per heavy atom. The lowest BCUT2D eigenvalue weighted by Gasteiger charge is -2.20. The Labute approximate surface area is 90.5 Å². The van der Waals surface area contributed by atoms with Gasteiger partial charge in [-0.3, -0.25) is 0 Å². The quantitative estimate of drug-likeness (QED) is 0.577. The molecule has 0 unspecified atom stereocenters. The monoisotopic (exact) mass is 226 g/mol. The van der Waals surface area contributed by atoms with Crippen LogP contribution in [0.15, 0.2) is 36.8 Å². The van der Waals surface area contributed by atoms with E-state index in [0.29, 0.717) is 5.75 Å². The van der Waals surface area contributed by atoms with E-state index in [4.69, 9.17) is 9.16 Å². The summed E-state index contributed by atoms with van der Waals surface area (Å²) in [6, 6.07) is 5.73. The van der Waals surface area contributed by atoms with Gasteiger partial charge in [0.05, 0.1) is 0 Å². The topological polar surface area (TPSA) is 18.5 Å². The van der Waals surface area contributed by atoms with Crippen LogP contribution in [0.2, 0.25) is 19.6 Å². The molecule has 0 amide bonds. The molecule has 82 valence electrons. The van der Waals surface area contributed by atoms with Crippen molar-refractivity contribution in [1.29, 1.82) is 0 Å². The van der Waals surface area contributed by atoms with Crippen molar-refractivity contribution in [2.75, 3.05) is 0 Å². The highest BCUT2D eigenvalue weighted by atomic mass is 28.4. The van der Waals surface area contributed by atoms with Gasteiger partial charge in [0.15, 0.2) is 0 Å². The molecule has 0 bridgehead atoms. The maximum absolute atomic E-state index is 12.6. The summed E-state index contributed by atoms with van der Waals surface area (Å²) < 4.78 is 23.4. The minimum Gasteiger partial charge on any atom is -0.520 e. The first-order valence-corrected chi connectivity index (χ1v) is 8.09. The van der Waals surface area contributed by atoms with Gasteiger partial charge >= 0.3 is 0 Å². The fraction of sp³-hybridized carbons (Fsp3) is 0.273. The molecule has 1 rings (SSSR count). The molecule has 0 atom stereocenters. The van der Waals surface area contributed by atoms with Crippen molar-refractivity contribution >= 4 is 8.32 Å². The minimum atomic E-state index is -1.68. The molecule has 0 aliphatic rings. The molecule has 0 fully saturated rings. The Kier molecular flexibility index (Phi) is 3.52. The molecule has 4 heteroatoms. The smallest absolute Gasteiger partial charge is 0.263 e. The Morgan fingerprint density at radius 1 is 1.20 bits per heavy atom. The molecule has 0 N–H and O–H groups in total. The zero-order valence-electron chi connectivity index (χ0n) is 9.21. The second kappa shape index (κ2) is 4.48. The highest BCUT2D eigenvalue weighted by Crippen LogP contribution is 2.16. The molecule has 0 aliphatic heterocycles. The van der Waals surface area contributed by atoms with Crippen molar-refractivity contribution in [3.63, 3.8) is 0 Å². The number of halogens is 1. The largest absolute Gasteiger partial charge is 0.520 e. The molecule has 0 radical (unpaired) electrons. The van der Waals surface area contributed by atoms with Gasteiger partial charge in [-0.15, -0.1) is 0 Å². The molecule has 2 nitrogen and oxygen atoms in total. The van der Waals surface area contributed by atoms with Gasteiger partial charge in [-0.05, 0) is 50.5 Å². The van der Waals surface area contributed by atoms with E-state index < -0.39 is 8.32 Å². The molecule has 0 saturated heterocycles. The molecule has 0 spiro atoms. The number of rotatable bonds is 4. The van der Waals surface area contributed by atoms with Gasteiger partial charge in [0.25, 0.3) is 5.95 Å². The van der Waals surface area contributed by atoms with Crippen LogP contribution in [-0.2, 0) is 4.43 Å². The predicted molar refractivity (Wildman–Crippen MR) is 60.6 cm³/mol. The Hall–Kier alpha value is -1.29. The molecule has 0 saturated carbocycles. The number of ether oxygens (including phenoxy) is 1. The van der Waals surface area contributed by atoms with Gasteiger partial charge in [0, 0.05) is 0 Å². The summed E-state index contributed by atoms with van der Waals surface area (Å²) in [4.78, 5) is 0. The van der Waals surface area contributed by atoms with Gasteiger partial charge in [-0.2, -0.15) is 0 Å². The summed E-state index contributed by atoms with van der Waals surface area (Å²) in [6.07, 6.45) is 0. The van der Waals surface area contributed by atoms with E-state index in [1.165, 1.54) is 24.3 Å². The van der Waals surface area contributed by atoms with Crippen molar-refractivity contribution in [2.45, 2.75) is 19.6 Å². The third kappa shape index (κ3) is 4.65. The fourth-order valence-corrected chi connectivity index (χ4v) is 1.72. The summed E-state index contributed by atoms with van der Waals surface area (Å²) in [5.74, 6) is 0.500. The zero-order valence-corrected chi connectivity index (χ0v) is 10.2. The van der Waals surface area contributed by atoms with Crippen LogP contribution in [0.4, 0.5) is 4.39 Å². The molecular weight excluding hydrogens is 211 g/mol. The second-order valence-corrected chi connectivity index (χ2v) is 8.57. The summed E-state index contributed by atoms with van der Waals surface area (Å²) in [6.45, 7) is 9.76. The summed E-state index contributed by atoms with van der Waals surface area (Å²) in [5, 5.41) is 0. The molecule has 0 aliphatic carbocycles. The highest BCUT2D eigenvalue weighted by molar-refractivity contribution is 6.69. The lowest BCUT2D eigenvalue weighted by atomic mass is 10.3. The van der Waals surface area contributed by atoms with Crippen molar-refractivity contribution in [3.8, 4) is 5.75 Å². The van der Waals surface area contributed by atoms with Crippen molar-refractivity contribution in [2.24, 2.45) is 0 Å². The summed E-state index contributed by atoms with van der Waals surface area (Å²) in [5.41, 5.74) is 0. The number of hydrogen-bond donors (Lipinski definition) is 0. The van der Waals surface area contributed by atoms with Crippen LogP contribution >= 0.6 is 0 Å². The minimum absolute atomic E-state index is 0.265. The van der Waals surface area contributed by atoms with E-state index in [1.54, 1.807) is 0 Å². The lowest BCUT2D eigenvalue weighted by Crippen LogP contribution is -2.26. The first kappa shape index (κ1) is 11.8. The van der Waals surface area contributed by atoms with E-state index in [2.05, 4.69) is 6.58 Å². The van der Waals surface area contributed by atoms with Crippen LogP contribution in [0.25, 0.3) is 0 Å². The van der Waals surface area contributed by atoms with Gasteiger partial charge < -0.3 is 9.16 Å². The van der Waals surface area contributed by atoms with Crippen LogP contribution in [0.5, 0.6) is 5.75 Å². The zero-order chi connectivity index (χ0) is 11.5. The molecule has 1 aromatic carbocycles. The average molecular weight is 226 g/mol. The van der Waals surface area contributed by atoms with Gasteiger partial charge in [0.1, 0.15) is 11.6 Å². The standard InChI is InChI=1S/C11H15FO2Si/c1-9(14-15(2,3)4)13-11-7-5-10(12)6-8-11/h5-8H,1H2,2-4H3. The van der Waals surface area contributed by atoms with Crippen molar-refractivity contribution in [1.82, 2.24) is 0 Å².